The van der Waals surface area contributed by atoms with Crippen molar-refractivity contribution in [1.29, 1.82) is 0 Å². The van der Waals surface area contributed by atoms with Gasteiger partial charge in [0.1, 0.15) is 17.7 Å². The van der Waals surface area contributed by atoms with Crippen LogP contribution in [0.25, 0.3) is 0 Å². The van der Waals surface area contributed by atoms with Crippen LogP contribution in [0.3, 0.4) is 0 Å². The molecule has 0 bridgehead atoms. The van der Waals surface area contributed by atoms with Gasteiger partial charge in [-0.2, -0.15) is 0 Å². The number of halogens is 1. The van der Waals surface area contributed by atoms with Crippen molar-refractivity contribution in [2.24, 2.45) is 7.05 Å². The molecule has 0 spiro atoms. The Labute approximate surface area is 164 Å². The van der Waals surface area contributed by atoms with E-state index in [1.54, 1.807) is 24.5 Å². The molecule has 2 aromatic carbocycles. The van der Waals surface area contributed by atoms with Gasteiger partial charge in [-0.3, -0.25) is 0 Å². The van der Waals surface area contributed by atoms with E-state index in [4.69, 9.17) is 0 Å². The molecule has 1 heterocycles. The van der Waals surface area contributed by atoms with Gasteiger partial charge in [0.25, 0.3) is 0 Å². The predicted octanol–water partition coefficient (Wildman–Crippen LogP) is 3.97. The molecular weight excluding hydrogens is 355 g/mol. The number of nitrogens with zero attached hydrogens (tertiary/aromatic N) is 2. The zero-order valence-electron chi connectivity index (χ0n) is 15.9. The van der Waals surface area contributed by atoms with E-state index in [1.165, 1.54) is 17.7 Å². The fourth-order valence-electron chi connectivity index (χ4n) is 3.12. The van der Waals surface area contributed by atoms with Gasteiger partial charge in [0, 0.05) is 26.0 Å². The fourth-order valence-corrected chi connectivity index (χ4v) is 3.12. The normalized spacial score (nSPS) is 11.8. The van der Waals surface area contributed by atoms with E-state index in [2.05, 4.69) is 27.8 Å². The Morgan fingerprint density at radius 1 is 1.14 bits per heavy atom. The van der Waals surface area contributed by atoms with E-state index in [9.17, 15) is 9.18 Å². The second-order valence-corrected chi connectivity index (χ2v) is 6.73. The van der Waals surface area contributed by atoms with Crippen molar-refractivity contribution in [3.05, 3.63) is 89.8 Å². The standard InChI is InChI=1S/C22H25FN4O/c1-27-15-14-24-21(27)20(18-11-7-12-19(23)16-18)26-22(28)25-13-6-5-10-17-8-3-2-4-9-17/h2-4,7-9,11-12,14-16,20H,5-6,10,13H2,1H3,(H2,25,26,28)/t20-/m1/s1. The molecule has 5 nitrogen and oxygen atoms in total. The number of hydrogen-bond acceptors (Lipinski definition) is 2. The minimum Gasteiger partial charge on any atom is -0.338 e. The monoisotopic (exact) mass is 380 g/mol. The van der Waals surface area contributed by atoms with Gasteiger partial charge in [0.05, 0.1) is 0 Å². The molecule has 0 aliphatic carbocycles. The number of unbranched alkanes of at least 4 members (excludes halogenated alkanes) is 1. The molecule has 2 N–H and O–H groups in total. The highest BCUT2D eigenvalue weighted by atomic mass is 19.1. The molecule has 0 saturated carbocycles. The number of carbonyl (C=O) groups excluding carboxylic acids is 1. The summed E-state index contributed by atoms with van der Waals surface area (Å²) in [5.74, 6) is 0.296. The summed E-state index contributed by atoms with van der Waals surface area (Å²) in [5.41, 5.74) is 1.95. The molecule has 0 fully saturated rings. The Hall–Kier alpha value is -3.15. The third-order valence-electron chi connectivity index (χ3n) is 4.59. The maximum absolute atomic E-state index is 13.7. The van der Waals surface area contributed by atoms with E-state index < -0.39 is 6.04 Å². The first kappa shape index (κ1) is 19.6. The van der Waals surface area contributed by atoms with Crippen molar-refractivity contribution in [3.63, 3.8) is 0 Å². The van der Waals surface area contributed by atoms with Crippen LogP contribution in [0.4, 0.5) is 9.18 Å². The van der Waals surface area contributed by atoms with E-state index in [0.717, 1.165) is 19.3 Å². The summed E-state index contributed by atoms with van der Waals surface area (Å²) < 4.78 is 15.5. The Kier molecular flexibility index (Phi) is 6.78. The largest absolute Gasteiger partial charge is 0.338 e. The van der Waals surface area contributed by atoms with E-state index >= 15 is 0 Å². The summed E-state index contributed by atoms with van der Waals surface area (Å²) in [4.78, 5) is 16.7. The van der Waals surface area contributed by atoms with Gasteiger partial charge < -0.3 is 15.2 Å². The second kappa shape index (κ2) is 9.69. The minimum absolute atomic E-state index is 0.294. The number of carbonyl (C=O) groups is 1. The molecule has 28 heavy (non-hydrogen) atoms. The van der Waals surface area contributed by atoms with Gasteiger partial charge >= 0.3 is 6.03 Å². The number of rotatable bonds is 8. The number of amides is 2. The lowest BCUT2D eigenvalue weighted by Crippen LogP contribution is -2.39. The highest BCUT2D eigenvalue weighted by Gasteiger charge is 2.21. The van der Waals surface area contributed by atoms with Crippen molar-refractivity contribution < 1.29 is 9.18 Å². The zero-order chi connectivity index (χ0) is 19.8. The van der Waals surface area contributed by atoms with Gasteiger partial charge in [-0.15, -0.1) is 0 Å². The van der Waals surface area contributed by atoms with Crippen LogP contribution in [0.1, 0.15) is 35.8 Å². The molecule has 0 aliphatic heterocycles. The Morgan fingerprint density at radius 3 is 2.68 bits per heavy atom. The summed E-state index contributed by atoms with van der Waals surface area (Å²) in [7, 11) is 1.85. The molecule has 0 radical (unpaired) electrons. The van der Waals surface area contributed by atoms with Gasteiger partial charge in [-0.1, -0.05) is 42.5 Å². The molecule has 1 atom stereocenters. The van der Waals surface area contributed by atoms with Crippen LogP contribution >= 0.6 is 0 Å². The van der Waals surface area contributed by atoms with Crippen LogP contribution < -0.4 is 10.6 Å². The third kappa shape index (κ3) is 5.42. The molecule has 6 heteroatoms. The maximum Gasteiger partial charge on any atom is 0.315 e. The maximum atomic E-state index is 13.7. The topological polar surface area (TPSA) is 59.0 Å². The summed E-state index contributed by atoms with van der Waals surface area (Å²) in [6.07, 6.45) is 6.32. The Morgan fingerprint density at radius 2 is 1.96 bits per heavy atom. The number of aryl methyl sites for hydroxylation is 2. The molecule has 1 aromatic heterocycles. The molecule has 0 unspecified atom stereocenters. The second-order valence-electron chi connectivity index (χ2n) is 6.73. The Balaban J connectivity index is 1.54. The van der Waals surface area contributed by atoms with Crippen LogP contribution in [0.5, 0.6) is 0 Å². The van der Waals surface area contributed by atoms with Crippen molar-refractivity contribution in [2.45, 2.75) is 25.3 Å². The highest BCUT2D eigenvalue weighted by Crippen LogP contribution is 2.21. The quantitative estimate of drug-likeness (QED) is 0.581. The average Bonchev–Trinajstić information content (AvgIpc) is 3.12. The van der Waals surface area contributed by atoms with Gasteiger partial charge in [0.2, 0.25) is 0 Å². The zero-order valence-corrected chi connectivity index (χ0v) is 15.9. The number of hydrogen-bond donors (Lipinski definition) is 2. The van der Waals surface area contributed by atoms with Crippen molar-refractivity contribution >= 4 is 6.03 Å². The van der Waals surface area contributed by atoms with Crippen molar-refractivity contribution in [2.75, 3.05) is 6.54 Å². The summed E-state index contributed by atoms with van der Waals surface area (Å²) in [5, 5.41) is 5.80. The molecule has 0 saturated heterocycles. The number of urea groups is 1. The third-order valence-corrected chi connectivity index (χ3v) is 4.59. The first-order chi connectivity index (χ1) is 13.6. The number of imidazole rings is 1. The molecule has 0 aliphatic rings. The van der Waals surface area contributed by atoms with Crippen LogP contribution in [-0.4, -0.2) is 22.1 Å². The predicted molar refractivity (Wildman–Crippen MR) is 107 cm³/mol. The van der Waals surface area contributed by atoms with Gasteiger partial charge in [-0.25, -0.2) is 14.2 Å². The molecule has 146 valence electrons. The number of benzene rings is 2. The fraction of sp³-hybridized carbons (Fsp3) is 0.273. The number of aromatic nitrogens is 2. The van der Waals surface area contributed by atoms with Crippen molar-refractivity contribution in [1.82, 2.24) is 20.2 Å². The molecule has 3 rings (SSSR count). The Bertz CT molecular complexity index is 894. The first-order valence-corrected chi connectivity index (χ1v) is 9.44. The number of nitrogens with one attached hydrogen (secondary N) is 2. The molecule has 3 aromatic rings. The lowest BCUT2D eigenvalue weighted by atomic mass is 10.1. The van der Waals surface area contributed by atoms with Crippen LogP contribution in [0.2, 0.25) is 0 Å². The average molecular weight is 380 g/mol. The first-order valence-electron chi connectivity index (χ1n) is 9.44. The van der Waals surface area contributed by atoms with Crippen LogP contribution in [0, 0.1) is 5.82 Å². The summed E-state index contributed by atoms with van der Waals surface area (Å²) >= 11 is 0. The van der Waals surface area contributed by atoms with E-state index in [0.29, 0.717) is 17.9 Å². The minimum atomic E-state index is -0.528. The van der Waals surface area contributed by atoms with Crippen LogP contribution in [-0.2, 0) is 13.5 Å². The van der Waals surface area contributed by atoms with E-state index in [1.807, 2.05) is 29.8 Å². The molecular formula is C22H25FN4O. The van der Waals surface area contributed by atoms with E-state index in [-0.39, 0.29) is 11.8 Å². The van der Waals surface area contributed by atoms with Crippen molar-refractivity contribution in [3.8, 4) is 0 Å². The lowest BCUT2D eigenvalue weighted by molar-refractivity contribution is 0.238. The van der Waals surface area contributed by atoms with Gasteiger partial charge in [-0.05, 0) is 42.5 Å². The lowest BCUT2D eigenvalue weighted by Gasteiger charge is -2.19. The van der Waals surface area contributed by atoms with Gasteiger partial charge in [0.15, 0.2) is 0 Å². The SMILES string of the molecule is Cn1ccnc1[C@H](NC(=O)NCCCCc1ccccc1)c1cccc(F)c1. The van der Waals surface area contributed by atoms with Crippen LogP contribution in [0.15, 0.2) is 67.0 Å². The molecule has 2 amide bonds. The summed E-state index contributed by atoms with van der Waals surface area (Å²) in [6, 6.07) is 15.7. The summed E-state index contributed by atoms with van der Waals surface area (Å²) in [6.45, 7) is 0.578. The highest BCUT2D eigenvalue weighted by molar-refractivity contribution is 5.74. The smallest absolute Gasteiger partial charge is 0.315 e.